The van der Waals surface area contributed by atoms with Gasteiger partial charge in [0.2, 0.25) is 5.82 Å². The van der Waals surface area contributed by atoms with Crippen LogP contribution < -0.4 is 14.6 Å². The van der Waals surface area contributed by atoms with Crippen LogP contribution in [0.4, 0.5) is 11.8 Å². The largest absolute Gasteiger partial charge is 0.371 e. The van der Waals surface area contributed by atoms with E-state index in [1.165, 1.54) is 85.1 Å². The van der Waals surface area contributed by atoms with Gasteiger partial charge in [0, 0.05) is 11.4 Å². The minimum atomic E-state index is 0.540. The predicted molar refractivity (Wildman–Crippen MR) is 133 cm³/mol. The second-order valence-corrected chi connectivity index (χ2v) is 9.47. The summed E-state index contributed by atoms with van der Waals surface area (Å²) in [6.45, 7) is 2.24. The minimum Gasteiger partial charge on any atom is -0.353 e. The van der Waals surface area contributed by atoms with E-state index in [-0.39, 0.29) is 0 Å². The van der Waals surface area contributed by atoms with Crippen LogP contribution in [-0.2, 0) is 0 Å². The van der Waals surface area contributed by atoms with E-state index in [2.05, 4.69) is 86.0 Å². The molecule has 0 amide bonds. The van der Waals surface area contributed by atoms with Crippen LogP contribution in [0.5, 0.6) is 0 Å². The van der Waals surface area contributed by atoms with Crippen molar-refractivity contribution in [1.82, 2.24) is 4.57 Å². The summed E-state index contributed by atoms with van der Waals surface area (Å²) >= 11 is 0. The Bertz CT molecular complexity index is 1210. The smallest absolute Gasteiger partial charge is 0.353 e. The summed E-state index contributed by atoms with van der Waals surface area (Å²) in [5.74, 6) is 2.54. The number of nitrogens with one attached hydrogen (secondary N) is 1. The molecular formula is C28H33N4+. The summed E-state index contributed by atoms with van der Waals surface area (Å²) in [5, 5.41) is 6.68. The zero-order valence-corrected chi connectivity index (χ0v) is 18.8. The summed E-state index contributed by atoms with van der Waals surface area (Å²) in [4.78, 5) is 2.60. The Kier molecular flexibility index (Phi) is 5.22. The van der Waals surface area contributed by atoms with E-state index in [1.807, 2.05) is 0 Å². The number of nitrogens with zero attached hydrogens (tertiary/aromatic N) is 3. The van der Waals surface area contributed by atoms with Crippen molar-refractivity contribution in [2.75, 3.05) is 23.3 Å². The molecule has 1 saturated carbocycles. The maximum atomic E-state index is 4.06. The molecule has 1 aliphatic carbocycles. The van der Waals surface area contributed by atoms with Gasteiger partial charge in [-0.05, 0) is 55.7 Å². The van der Waals surface area contributed by atoms with E-state index in [4.69, 9.17) is 0 Å². The van der Waals surface area contributed by atoms with Crippen LogP contribution in [0, 0.1) is 0 Å². The first kappa shape index (κ1) is 19.7. The standard InChI is InChI=1S/C28H33N4/c1-4-13-23(14-5-1)29-27-26-25-17-9-8-12-22(25)18-21-31(26)28(30-19-10-3-11-20-30)32(27)24-15-6-2-7-16-24/h2,6-9,12,15-18,21,23,29H,1,3-5,10-11,13-14,19-20H2/q+1. The lowest BCUT2D eigenvalue weighted by molar-refractivity contribution is -0.496. The Labute approximate surface area is 190 Å². The van der Waals surface area contributed by atoms with Crippen molar-refractivity contribution >= 4 is 28.1 Å². The van der Waals surface area contributed by atoms with Crippen LogP contribution in [0.1, 0.15) is 51.4 Å². The van der Waals surface area contributed by atoms with Crippen LogP contribution >= 0.6 is 0 Å². The summed E-state index contributed by atoms with van der Waals surface area (Å²) in [7, 11) is 0. The van der Waals surface area contributed by atoms with Crippen LogP contribution in [0.3, 0.4) is 0 Å². The highest BCUT2D eigenvalue weighted by molar-refractivity contribution is 5.99. The molecule has 0 unspecified atom stereocenters. The fourth-order valence-electron chi connectivity index (χ4n) is 5.72. The first-order valence-electron chi connectivity index (χ1n) is 12.4. The Morgan fingerprint density at radius 2 is 1.47 bits per heavy atom. The van der Waals surface area contributed by atoms with Crippen LogP contribution in [-0.4, -0.2) is 23.7 Å². The molecule has 32 heavy (non-hydrogen) atoms. The van der Waals surface area contributed by atoms with Crippen molar-refractivity contribution in [3.8, 4) is 5.69 Å². The number of pyridine rings is 1. The molecule has 0 spiro atoms. The second-order valence-electron chi connectivity index (χ2n) is 9.47. The van der Waals surface area contributed by atoms with Gasteiger partial charge in [0.05, 0.1) is 19.3 Å². The molecule has 2 aliphatic rings. The normalized spacial score (nSPS) is 17.8. The fraction of sp³-hybridized carbons (Fsp3) is 0.393. The molecule has 2 aromatic carbocycles. The highest BCUT2D eigenvalue weighted by atomic mass is 15.4. The van der Waals surface area contributed by atoms with Crippen molar-refractivity contribution in [1.29, 1.82) is 0 Å². The highest BCUT2D eigenvalue weighted by Gasteiger charge is 2.33. The number of hydrogen-bond acceptors (Lipinski definition) is 2. The van der Waals surface area contributed by atoms with Crippen molar-refractivity contribution in [2.45, 2.75) is 57.4 Å². The van der Waals surface area contributed by atoms with Gasteiger partial charge in [0.1, 0.15) is 5.69 Å². The second kappa shape index (κ2) is 8.50. The quantitative estimate of drug-likeness (QED) is 0.399. The third-order valence-electron chi connectivity index (χ3n) is 7.32. The molecule has 1 saturated heterocycles. The highest BCUT2D eigenvalue weighted by Crippen LogP contribution is 2.35. The Morgan fingerprint density at radius 1 is 0.750 bits per heavy atom. The minimum absolute atomic E-state index is 0.540. The molecule has 0 atom stereocenters. The summed E-state index contributed by atoms with van der Waals surface area (Å²) in [5.41, 5.74) is 2.54. The molecule has 1 aliphatic heterocycles. The molecule has 4 heteroatoms. The number of piperidine rings is 1. The molecule has 0 bridgehead atoms. The lowest BCUT2D eigenvalue weighted by Crippen LogP contribution is -2.39. The van der Waals surface area contributed by atoms with Crippen molar-refractivity contribution in [3.05, 3.63) is 66.9 Å². The monoisotopic (exact) mass is 425 g/mol. The van der Waals surface area contributed by atoms with Crippen molar-refractivity contribution < 1.29 is 4.40 Å². The number of aromatic nitrogens is 2. The van der Waals surface area contributed by atoms with Crippen LogP contribution in [0.15, 0.2) is 66.9 Å². The topological polar surface area (TPSA) is 24.3 Å². The number of hydrogen-bond donors (Lipinski definition) is 1. The van der Waals surface area contributed by atoms with E-state index in [9.17, 15) is 0 Å². The van der Waals surface area contributed by atoms with Crippen molar-refractivity contribution in [2.24, 2.45) is 0 Å². The van der Waals surface area contributed by atoms with Gasteiger partial charge in [-0.25, -0.2) is 0 Å². The van der Waals surface area contributed by atoms with Crippen molar-refractivity contribution in [3.63, 3.8) is 0 Å². The molecule has 1 N–H and O–H groups in total. The Balaban J connectivity index is 1.66. The van der Waals surface area contributed by atoms with Crippen LogP contribution in [0.25, 0.3) is 22.0 Å². The third-order valence-corrected chi connectivity index (χ3v) is 7.32. The predicted octanol–water partition coefficient (Wildman–Crippen LogP) is 6.10. The van der Waals surface area contributed by atoms with E-state index in [0.29, 0.717) is 6.04 Å². The zero-order valence-electron chi connectivity index (χ0n) is 18.8. The molecule has 4 nitrogen and oxygen atoms in total. The average Bonchev–Trinajstić information content (AvgIpc) is 3.20. The summed E-state index contributed by atoms with van der Waals surface area (Å²) < 4.78 is 4.95. The SMILES string of the molecule is c1ccc(-n2c(NC3CCCCC3)c3c4ccccc4cc[n+]3c2N2CCCCC2)cc1. The van der Waals surface area contributed by atoms with E-state index in [0.717, 1.165) is 13.1 Å². The lowest BCUT2D eigenvalue weighted by atomic mass is 9.95. The molecule has 6 rings (SSSR count). The Hall–Kier alpha value is -3.01. The maximum Gasteiger partial charge on any atom is 0.371 e. The maximum absolute atomic E-state index is 4.06. The van der Waals surface area contributed by atoms with Gasteiger partial charge >= 0.3 is 5.95 Å². The molecular weight excluding hydrogens is 392 g/mol. The van der Waals surface area contributed by atoms with Crippen LogP contribution in [0.2, 0.25) is 0 Å². The van der Waals surface area contributed by atoms with E-state index >= 15 is 0 Å². The number of imidazole rings is 1. The van der Waals surface area contributed by atoms with Gasteiger partial charge in [0.15, 0.2) is 5.52 Å². The zero-order chi connectivity index (χ0) is 21.3. The van der Waals surface area contributed by atoms with Gasteiger partial charge in [-0.3, -0.25) is 4.90 Å². The number of anilines is 2. The first-order chi connectivity index (χ1) is 15.9. The molecule has 2 fully saturated rings. The molecule has 3 heterocycles. The number of rotatable bonds is 4. The average molecular weight is 426 g/mol. The lowest BCUT2D eigenvalue weighted by Gasteiger charge is -2.25. The number of benzene rings is 2. The van der Waals surface area contributed by atoms with Gasteiger partial charge < -0.3 is 5.32 Å². The Morgan fingerprint density at radius 3 is 2.28 bits per heavy atom. The van der Waals surface area contributed by atoms with E-state index in [1.54, 1.807) is 0 Å². The van der Waals surface area contributed by atoms with Gasteiger partial charge in [-0.15, -0.1) is 0 Å². The van der Waals surface area contributed by atoms with Gasteiger partial charge in [0.25, 0.3) is 0 Å². The van der Waals surface area contributed by atoms with E-state index < -0.39 is 0 Å². The number of para-hydroxylation sites is 1. The molecule has 4 aromatic rings. The third kappa shape index (κ3) is 3.42. The molecule has 164 valence electrons. The summed E-state index contributed by atoms with van der Waals surface area (Å²) in [6.07, 6.45) is 12.7. The van der Waals surface area contributed by atoms with Gasteiger partial charge in [-0.1, -0.05) is 61.7 Å². The fourth-order valence-corrected chi connectivity index (χ4v) is 5.72. The summed E-state index contributed by atoms with van der Waals surface area (Å²) in [6, 6.07) is 22.6. The van der Waals surface area contributed by atoms with Gasteiger partial charge in [-0.2, -0.15) is 8.97 Å². The molecule has 0 radical (unpaired) electrons. The number of fused-ring (bicyclic) bond motifs is 3. The first-order valence-corrected chi connectivity index (χ1v) is 12.4. The molecule has 2 aromatic heterocycles.